The van der Waals surface area contributed by atoms with Gasteiger partial charge in [0.25, 0.3) is 0 Å². The molecule has 3 heterocycles. The van der Waals surface area contributed by atoms with Crippen LogP contribution in [0.3, 0.4) is 0 Å². The van der Waals surface area contributed by atoms with E-state index in [1.165, 1.54) is 35.1 Å². The van der Waals surface area contributed by atoms with Crippen molar-refractivity contribution in [3.05, 3.63) is 125 Å². The molecule has 0 bridgehead atoms. The second-order valence-corrected chi connectivity index (χ2v) is 10.9. The van der Waals surface area contributed by atoms with E-state index in [0.717, 1.165) is 16.7 Å². The number of nitrogens with one attached hydrogen (secondary N) is 1. The first-order valence-corrected chi connectivity index (χ1v) is 14.3. The van der Waals surface area contributed by atoms with E-state index >= 15 is 0 Å². The van der Waals surface area contributed by atoms with Crippen molar-refractivity contribution < 1.29 is 18.4 Å². The molecular weight excluding hydrogens is 563 g/mol. The molecule has 0 saturated heterocycles. The Hall–Kier alpha value is -4.34. The van der Waals surface area contributed by atoms with Gasteiger partial charge in [0.1, 0.15) is 23.9 Å². The molecule has 0 aliphatic carbocycles. The lowest BCUT2D eigenvalue weighted by molar-refractivity contribution is -0.123. The van der Waals surface area contributed by atoms with Gasteiger partial charge in [0.15, 0.2) is 0 Å². The van der Waals surface area contributed by atoms with E-state index in [1.54, 1.807) is 28.9 Å². The van der Waals surface area contributed by atoms with Crippen LogP contribution in [-0.4, -0.2) is 33.9 Å². The number of carbonyl (C=O) groups is 2. The molecule has 0 fully saturated rings. The van der Waals surface area contributed by atoms with Crippen molar-refractivity contribution >= 4 is 41.0 Å². The summed E-state index contributed by atoms with van der Waals surface area (Å²) in [7, 11) is 0. The molecule has 7 nitrogen and oxygen atoms in total. The molecule has 0 unspecified atom stereocenters. The van der Waals surface area contributed by atoms with E-state index in [-0.39, 0.29) is 35.9 Å². The van der Waals surface area contributed by atoms with Gasteiger partial charge in [0.05, 0.1) is 35.2 Å². The number of hydrogen-bond acceptors (Lipinski definition) is 5. The highest BCUT2D eigenvalue weighted by Gasteiger charge is 2.38. The monoisotopic (exact) mass is 586 g/mol. The third-order valence-corrected chi connectivity index (χ3v) is 8.32. The SMILES string of the molecule is O=C(CN1C(=O)CS[C@@H](c2ccccc2Cl)c2c(-c3ccccc3)nn(-c3ccc(F)cc3)c21)NCc1ccco1. The summed E-state index contributed by atoms with van der Waals surface area (Å²) in [5.41, 5.74) is 3.58. The smallest absolute Gasteiger partial charge is 0.240 e. The Labute approximate surface area is 244 Å². The molecule has 5 aromatic rings. The molecule has 1 aliphatic rings. The quantitative estimate of drug-likeness (QED) is 0.238. The molecule has 2 amide bonds. The van der Waals surface area contributed by atoms with Gasteiger partial charge in [-0.1, -0.05) is 60.1 Å². The summed E-state index contributed by atoms with van der Waals surface area (Å²) in [6, 6.07) is 26.5. The van der Waals surface area contributed by atoms with Gasteiger partial charge in [-0.05, 0) is 48.0 Å². The number of rotatable bonds is 7. The minimum Gasteiger partial charge on any atom is -0.467 e. The van der Waals surface area contributed by atoms with Crippen LogP contribution < -0.4 is 10.2 Å². The highest BCUT2D eigenvalue weighted by atomic mass is 35.5. The van der Waals surface area contributed by atoms with Crippen molar-refractivity contribution in [2.75, 3.05) is 17.2 Å². The molecule has 1 N–H and O–H groups in total. The number of amides is 2. The van der Waals surface area contributed by atoms with Gasteiger partial charge in [-0.25, -0.2) is 9.07 Å². The second kappa shape index (κ2) is 11.6. The van der Waals surface area contributed by atoms with Crippen molar-refractivity contribution in [2.24, 2.45) is 0 Å². The molecular formula is C31H24ClFN4O3S. The first-order valence-electron chi connectivity index (χ1n) is 12.9. The van der Waals surface area contributed by atoms with Crippen LogP contribution in [0.25, 0.3) is 16.9 Å². The first-order chi connectivity index (χ1) is 20.0. The van der Waals surface area contributed by atoms with Crippen molar-refractivity contribution in [3.8, 4) is 16.9 Å². The number of thioether (sulfide) groups is 1. The molecule has 1 atom stereocenters. The van der Waals surface area contributed by atoms with Gasteiger partial charge in [0.2, 0.25) is 11.8 Å². The number of benzene rings is 3. The largest absolute Gasteiger partial charge is 0.467 e. The van der Waals surface area contributed by atoms with Crippen LogP contribution in [0.4, 0.5) is 10.2 Å². The average molecular weight is 587 g/mol. The molecule has 10 heteroatoms. The summed E-state index contributed by atoms with van der Waals surface area (Å²) in [5, 5.41) is 8.00. The van der Waals surface area contributed by atoms with E-state index < -0.39 is 5.82 Å². The summed E-state index contributed by atoms with van der Waals surface area (Å²) in [5.74, 6) is 0.108. The lowest BCUT2D eigenvalue weighted by atomic mass is 9.99. The van der Waals surface area contributed by atoms with Gasteiger partial charge in [-0.3, -0.25) is 14.5 Å². The summed E-state index contributed by atoms with van der Waals surface area (Å²) < 4.78 is 20.9. The van der Waals surface area contributed by atoms with Crippen LogP contribution in [0, 0.1) is 5.82 Å². The lowest BCUT2D eigenvalue weighted by Gasteiger charge is -2.23. The summed E-state index contributed by atoms with van der Waals surface area (Å²) in [6.45, 7) is -0.0618. The number of nitrogens with zero attached hydrogens (tertiary/aromatic N) is 3. The standard InChI is InChI=1S/C31H24ClFN4O3S/c32-25-11-5-4-10-24(25)30-28-29(20-7-2-1-3-8-20)35-37(22-14-12-21(33)13-15-22)31(28)36(27(39)19-41-30)18-26(38)34-17-23-9-6-16-40-23/h1-16,30H,17-19H2,(H,34,38)/t30-/m0/s1. The predicted molar refractivity (Wildman–Crippen MR) is 158 cm³/mol. The Morgan fingerprint density at radius 3 is 2.51 bits per heavy atom. The fourth-order valence-electron chi connectivity index (χ4n) is 4.82. The van der Waals surface area contributed by atoms with E-state index in [4.69, 9.17) is 21.1 Å². The number of furan rings is 1. The van der Waals surface area contributed by atoms with Crippen LogP contribution in [0.5, 0.6) is 0 Å². The molecule has 0 spiro atoms. The minimum absolute atomic E-state index is 0.105. The van der Waals surface area contributed by atoms with Crippen molar-refractivity contribution in [1.29, 1.82) is 0 Å². The van der Waals surface area contributed by atoms with Crippen molar-refractivity contribution in [2.45, 2.75) is 11.8 Å². The third-order valence-electron chi connectivity index (χ3n) is 6.74. The number of hydrogen-bond donors (Lipinski definition) is 1. The molecule has 6 rings (SSSR count). The van der Waals surface area contributed by atoms with Gasteiger partial charge >= 0.3 is 0 Å². The topological polar surface area (TPSA) is 80.4 Å². The van der Waals surface area contributed by atoms with E-state index in [2.05, 4.69) is 5.32 Å². The number of carbonyl (C=O) groups excluding carboxylic acids is 2. The van der Waals surface area contributed by atoms with Crippen LogP contribution in [-0.2, 0) is 16.1 Å². The zero-order valence-electron chi connectivity index (χ0n) is 21.7. The molecule has 2 aromatic heterocycles. The van der Waals surface area contributed by atoms with Gasteiger partial charge in [-0.15, -0.1) is 11.8 Å². The Balaban J connectivity index is 1.54. The van der Waals surface area contributed by atoms with E-state index in [1.807, 2.05) is 54.6 Å². The molecule has 41 heavy (non-hydrogen) atoms. The minimum atomic E-state index is -0.398. The number of anilines is 1. The highest BCUT2D eigenvalue weighted by Crippen LogP contribution is 2.49. The molecule has 1 aliphatic heterocycles. The van der Waals surface area contributed by atoms with Crippen molar-refractivity contribution in [3.63, 3.8) is 0 Å². The van der Waals surface area contributed by atoms with Gasteiger partial charge in [0, 0.05) is 16.1 Å². The summed E-state index contributed by atoms with van der Waals surface area (Å²) in [4.78, 5) is 28.4. The maximum absolute atomic E-state index is 13.9. The van der Waals surface area contributed by atoms with Crippen molar-refractivity contribution in [1.82, 2.24) is 15.1 Å². The second-order valence-electron chi connectivity index (χ2n) is 9.39. The molecule has 0 radical (unpaired) electrons. The summed E-state index contributed by atoms with van der Waals surface area (Å²) in [6.07, 6.45) is 1.53. The summed E-state index contributed by atoms with van der Waals surface area (Å²) >= 11 is 8.14. The normalized spacial score (nSPS) is 14.9. The Morgan fingerprint density at radius 1 is 1.02 bits per heavy atom. The van der Waals surface area contributed by atoms with Gasteiger partial charge in [-0.2, -0.15) is 5.10 Å². The lowest BCUT2D eigenvalue weighted by Crippen LogP contribution is -2.42. The maximum atomic E-state index is 13.9. The van der Waals surface area contributed by atoms with Crippen LogP contribution in [0.1, 0.15) is 22.1 Å². The number of fused-ring (bicyclic) bond motifs is 1. The number of halogens is 2. The fraction of sp³-hybridized carbons (Fsp3) is 0.129. The molecule has 3 aromatic carbocycles. The Bertz CT molecular complexity index is 1690. The first kappa shape index (κ1) is 26.9. The Morgan fingerprint density at radius 2 is 1.78 bits per heavy atom. The average Bonchev–Trinajstić information content (AvgIpc) is 3.62. The fourth-order valence-corrected chi connectivity index (χ4v) is 6.37. The predicted octanol–water partition coefficient (Wildman–Crippen LogP) is 6.41. The van der Waals surface area contributed by atoms with Crippen LogP contribution in [0.15, 0.2) is 102 Å². The maximum Gasteiger partial charge on any atom is 0.240 e. The van der Waals surface area contributed by atoms with Crippen LogP contribution in [0.2, 0.25) is 5.02 Å². The number of aromatic nitrogens is 2. The molecule has 206 valence electrons. The third kappa shape index (κ3) is 5.51. The van der Waals surface area contributed by atoms with E-state index in [9.17, 15) is 14.0 Å². The van der Waals surface area contributed by atoms with Gasteiger partial charge < -0.3 is 9.73 Å². The van der Waals surface area contributed by atoms with E-state index in [0.29, 0.717) is 28.0 Å². The highest BCUT2D eigenvalue weighted by molar-refractivity contribution is 8.00. The Kier molecular flexibility index (Phi) is 7.63. The zero-order valence-corrected chi connectivity index (χ0v) is 23.2. The zero-order chi connectivity index (χ0) is 28.3. The van der Waals surface area contributed by atoms with Crippen LogP contribution >= 0.6 is 23.4 Å². The molecule has 0 saturated carbocycles.